The summed E-state index contributed by atoms with van der Waals surface area (Å²) in [5.74, 6) is 0. The van der Waals surface area contributed by atoms with Gasteiger partial charge in [0, 0.05) is 16.1 Å². The maximum absolute atomic E-state index is 6.20. The molecule has 0 atom stereocenters. The van der Waals surface area contributed by atoms with E-state index < -0.39 is 0 Å². The number of hydrogen-bond acceptors (Lipinski definition) is 2. The van der Waals surface area contributed by atoms with Gasteiger partial charge in [0.2, 0.25) is 0 Å². The normalized spacial score (nSPS) is 10.6. The molecule has 3 rings (SSSR count). The molecule has 104 valence electrons. The van der Waals surface area contributed by atoms with E-state index in [-0.39, 0.29) is 0 Å². The molecule has 0 saturated heterocycles. The molecule has 0 radical (unpaired) electrons. The number of rotatable bonds is 2. The molecule has 1 heterocycles. The molecule has 2 N–H and O–H groups in total. The first-order chi connectivity index (χ1) is 10.1. The predicted molar refractivity (Wildman–Crippen MR) is 89.3 cm³/mol. The van der Waals surface area contributed by atoms with Crippen LogP contribution in [0.25, 0.3) is 22.4 Å². The lowest BCUT2D eigenvalue weighted by atomic mass is 10.0. The van der Waals surface area contributed by atoms with E-state index >= 15 is 0 Å². The number of aryl methyl sites for hydroxylation is 1. The van der Waals surface area contributed by atoms with Crippen LogP contribution in [0.2, 0.25) is 5.02 Å². The minimum atomic E-state index is 0.706. The molecule has 3 heteroatoms. The van der Waals surface area contributed by atoms with Crippen molar-refractivity contribution < 1.29 is 0 Å². The van der Waals surface area contributed by atoms with Crippen molar-refractivity contribution >= 4 is 17.3 Å². The molecule has 0 aliphatic heterocycles. The van der Waals surface area contributed by atoms with Gasteiger partial charge in [-0.25, -0.2) is 0 Å². The van der Waals surface area contributed by atoms with Crippen molar-refractivity contribution in [3.8, 4) is 22.4 Å². The van der Waals surface area contributed by atoms with Crippen LogP contribution in [0.1, 0.15) is 5.69 Å². The van der Waals surface area contributed by atoms with Gasteiger partial charge in [0.05, 0.1) is 17.1 Å². The Morgan fingerprint density at radius 3 is 2.24 bits per heavy atom. The first-order valence-corrected chi connectivity index (χ1v) is 7.11. The SMILES string of the molecule is Cc1nc(-c2ccccc2)cc(-c2ccc(Cl)cc2)c1N. The van der Waals surface area contributed by atoms with Crippen molar-refractivity contribution in [3.63, 3.8) is 0 Å². The van der Waals surface area contributed by atoms with Crippen LogP contribution in [0.15, 0.2) is 60.7 Å². The van der Waals surface area contributed by atoms with Crippen molar-refractivity contribution in [1.29, 1.82) is 0 Å². The molecule has 0 fully saturated rings. The van der Waals surface area contributed by atoms with Crippen molar-refractivity contribution in [1.82, 2.24) is 4.98 Å². The van der Waals surface area contributed by atoms with Gasteiger partial charge in [-0.3, -0.25) is 4.98 Å². The highest BCUT2D eigenvalue weighted by molar-refractivity contribution is 6.30. The number of nitrogens with two attached hydrogens (primary N) is 1. The average Bonchev–Trinajstić information content (AvgIpc) is 2.52. The Labute approximate surface area is 129 Å². The molecule has 0 amide bonds. The Morgan fingerprint density at radius 1 is 0.905 bits per heavy atom. The van der Waals surface area contributed by atoms with Crippen LogP contribution in [0.3, 0.4) is 0 Å². The van der Waals surface area contributed by atoms with Crippen molar-refractivity contribution in [2.45, 2.75) is 6.92 Å². The maximum atomic E-state index is 6.20. The Kier molecular flexibility index (Phi) is 3.63. The fourth-order valence-electron chi connectivity index (χ4n) is 2.31. The number of anilines is 1. The number of benzene rings is 2. The molecule has 2 nitrogen and oxygen atoms in total. The summed E-state index contributed by atoms with van der Waals surface area (Å²) in [4.78, 5) is 4.60. The summed E-state index contributed by atoms with van der Waals surface area (Å²) in [6.07, 6.45) is 0. The van der Waals surface area contributed by atoms with Gasteiger partial charge in [-0.05, 0) is 30.7 Å². The Bertz CT molecular complexity index is 765. The highest BCUT2D eigenvalue weighted by atomic mass is 35.5. The van der Waals surface area contributed by atoms with Gasteiger partial charge in [-0.2, -0.15) is 0 Å². The zero-order valence-corrected chi connectivity index (χ0v) is 12.4. The lowest BCUT2D eigenvalue weighted by Gasteiger charge is -2.12. The topological polar surface area (TPSA) is 38.9 Å². The summed E-state index contributed by atoms with van der Waals surface area (Å²) < 4.78 is 0. The van der Waals surface area contributed by atoms with Gasteiger partial charge in [-0.1, -0.05) is 54.1 Å². The van der Waals surface area contributed by atoms with Crippen molar-refractivity contribution in [2.24, 2.45) is 0 Å². The van der Waals surface area contributed by atoms with E-state index in [1.54, 1.807) is 0 Å². The van der Waals surface area contributed by atoms with Gasteiger partial charge in [0.25, 0.3) is 0 Å². The van der Waals surface area contributed by atoms with Crippen LogP contribution < -0.4 is 5.73 Å². The number of halogens is 1. The molecular weight excluding hydrogens is 280 g/mol. The van der Waals surface area contributed by atoms with Crippen LogP contribution in [-0.4, -0.2) is 4.98 Å². The summed E-state index contributed by atoms with van der Waals surface area (Å²) in [5, 5.41) is 0.714. The number of nitrogen functional groups attached to an aromatic ring is 1. The number of nitrogens with zero attached hydrogens (tertiary/aromatic N) is 1. The van der Waals surface area contributed by atoms with Gasteiger partial charge in [-0.15, -0.1) is 0 Å². The van der Waals surface area contributed by atoms with Crippen LogP contribution in [0.5, 0.6) is 0 Å². The molecule has 0 aliphatic rings. The smallest absolute Gasteiger partial charge is 0.0713 e. The largest absolute Gasteiger partial charge is 0.397 e. The monoisotopic (exact) mass is 294 g/mol. The third-order valence-corrected chi connectivity index (χ3v) is 3.73. The van der Waals surface area contributed by atoms with Crippen LogP contribution in [0, 0.1) is 6.92 Å². The van der Waals surface area contributed by atoms with E-state index in [0.29, 0.717) is 10.7 Å². The standard InChI is InChI=1S/C18H15ClN2/c1-12-18(20)16(13-7-9-15(19)10-8-13)11-17(21-12)14-5-3-2-4-6-14/h2-11H,20H2,1H3. The first-order valence-electron chi connectivity index (χ1n) is 6.73. The van der Waals surface area contributed by atoms with E-state index in [4.69, 9.17) is 17.3 Å². The highest BCUT2D eigenvalue weighted by Gasteiger charge is 2.10. The minimum absolute atomic E-state index is 0.706. The molecule has 0 spiro atoms. The third kappa shape index (κ3) is 2.76. The van der Waals surface area contributed by atoms with Crippen LogP contribution in [0.4, 0.5) is 5.69 Å². The fraction of sp³-hybridized carbons (Fsp3) is 0.0556. The molecule has 0 bridgehead atoms. The van der Waals surface area contributed by atoms with E-state index in [2.05, 4.69) is 4.98 Å². The summed E-state index contributed by atoms with van der Waals surface area (Å²) in [7, 11) is 0. The van der Waals surface area contributed by atoms with Crippen molar-refractivity contribution in [3.05, 3.63) is 71.4 Å². The molecule has 2 aromatic carbocycles. The summed E-state index contributed by atoms with van der Waals surface area (Å²) >= 11 is 5.95. The Balaban J connectivity index is 2.17. The summed E-state index contributed by atoms with van der Waals surface area (Å²) in [6.45, 7) is 1.93. The van der Waals surface area contributed by atoms with Crippen LogP contribution in [-0.2, 0) is 0 Å². The molecular formula is C18H15ClN2. The van der Waals surface area contributed by atoms with Crippen molar-refractivity contribution in [2.75, 3.05) is 5.73 Å². The van der Waals surface area contributed by atoms with Crippen LogP contribution >= 0.6 is 11.6 Å². The van der Waals surface area contributed by atoms with E-state index in [1.807, 2.05) is 67.6 Å². The van der Waals surface area contributed by atoms with Gasteiger partial charge in [0.15, 0.2) is 0 Å². The first kappa shape index (κ1) is 13.7. The third-order valence-electron chi connectivity index (χ3n) is 3.47. The minimum Gasteiger partial charge on any atom is -0.397 e. The lowest BCUT2D eigenvalue weighted by Crippen LogP contribution is -1.98. The predicted octanol–water partition coefficient (Wildman–Crippen LogP) is 4.96. The number of pyridine rings is 1. The second-order valence-electron chi connectivity index (χ2n) is 4.93. The Hall–Kier alpha value is -2.32. The molecule has 3 aromatic rings. The summed E-state index contributed by atoms with van der Waals surface area (Å²) in [6, 6.07) is 19.8. The molecule has 0 saturated carbocycles. The highest BCUT2D eigenvalue weighted by Crippen LogP contribution is 2.32. The second kappa shape index (κ2) is 5.58. The quantitative estimate of drug-likeness (QED) is 0.725. The van der Waals surface area contributed by atoms with Gasteiger partial charge in [0.1, 0.15) is 0 Å². The molecule has 21 heavy (non-hydrogen) atoms. The van der Waals surface area contributed by atoms with Gasteiger partial charge >= 0.3 is 0 Å². The Morgan fingerprint density at radius 2 is 1.57 bits per heavy atom. The average molecular weight is 295 g/mol. The van der Waals surface area contributed by atoms with E-state index in [0.717, 1.165) is 28.1 Å². The zero-order chi connectivity index (χ0) is 14.8. The molecule has 0 aliphatic carbocycles. The zero-order valence-electron chi connectivity index (χ0n) is 11.7. The van der Waals surface area contributed by atoms with Gasteiger partial charge < -0.3 is 5.73 Å². The second-order valence-corrected chi connectivity index (χ2v) is 5.36. The van der Waals surface area contributed by atoms with E-state index in [9.17, 15) is 0 Å². The summed E-state index contributed by atoms with van der Waals surface area (Å²) in [5.41, 5.74) is 11.8. The maximum Gasteiger partial charge on any atom is 0.0713 e. The molecule has 1 aromatic heterocycles. The number of hydrogen-bond donors (Lipinski definition) is 1. The molecule has 0 unspecified atom stereocenters. The van der Waals surface area contributed by atoms with E-state index in [1.165, 1.54) is 0 Å². The lowest BCUT2D eigenvalue weighted by molar-refractivity contribution is 1.21. The fourth-order valence-corrected chi connectivity index (χ4v) is 2.43. The number of aromatic nitrogens is 1.